The summed E-state index contributed by atoms with van der Waals surface area (Å²) in [7, 11) is 2.23. The third kappa shape index (κ3) is 2.57. The van der Waals surface area contributed by atoms with Gasteiger partial charge < -0.3 is 9.80 Å². The van der Waals surface area contributed by atoms with Crippen molar-refractivity contribution in [2.45, 2.75) is 0 Å². The Bertz CT molecular complexity index is 886. The predicted octanol–water partition coefficient (Wildman–Crippen LogP) is 3.29. The number of aromatic nitrogens is 2. The SMILES string of the molecule is CN1CC2CN(c3ccc(-c4cccc5cccnc45)nc3)CC2C1. The van der Waals surface area contributed by atoms with Gasteiger partial charge in [0.15, 0.2) is 0 Å². The Hall–Kier alpha value is -2.46. The molecule has 3 aromatic rings. The summed E-state index contributed by atoms with van der Waals surface area (Å²) in [6.45, 7) is 4.78. The van der Waals surface area contributed by atoms with Gasteiger partial charge in [-0.2, -0.15) is 0 Å². The molecule has 0 radical (unpaired) electrons. The fraction of sp³-hybridized carbons (Fsp3) is 0.333. The Labute approximate surface area is 148 Å². The van der Waals surface area contributed by atoms with Crippen molar-refractivity contribution in [3.05, 3.63) is 54.9 Å². The van der Waals surface area contributed by atoms with Crippen LogP contribution in [-0.4, -0.2) is 48.1 Å². The molecule has 1 aromatic carbocycles. The smallest absolute Gasteiger partial charge is 0.0795 e. The summed E-state index contributed by atoms with van der Waals surface area (Å²) in [5, 5.41) is 1.15. The molecule has 4 heterocycles. The molecule has 25 heavy (non-hydrogen) atoms. The average molecular weight is 330 g/mol. The number of rotatable bonds is 2. The molecular weight excluding hydrogens is 308 g/mol. The maximum atomic E-state index is 4.76. The van der Waals surface area contributed by atoms with E-state index in [4.69, 9.17) is 4.98 Å². The zero-order valence-electron chi connectivity index (χ0n) is 14.5. The number of fused-ring (bicyclic) bond motifs is 2. The van der Waals surface area contributed by atoms with Crippen LogP contribution in [0.1, 0.15) is 0 Å². The molecule has 2 atom stereocenters. The van der Waals surface area contributed by atoms with E-state index in [2.05, 4.69) is 58.2 Å². The van der Waals surface area contributed by atoms with E-state index in [1.165, 1.54) is 18.8 Å². The Morgan fingerprint density at radius 1 is 0.880 bits per heavy atom. The molecular formula is C21H22N4. The van der Waals surface area contributed by atoms with Crippen LogP contribution in [0, 0.1) is 11.8 Å². The monoisotopic (exact) mass is 330 g/mol. The van der Waals surface area contributed by atoms with Crippen LogP contribution < -0.4 is 4.90 Å². The van der Waals surface area contributed by atoms with E-state index in [9.17, 15) is 0 Å². The van der Waals surface area contributed by atoms with E-state index in [0.717, 1.165) is 47.1 Å². The fourth-order valence-electron chi connectivity index (χ4n) is 4.48. The van der Waals surface area contributed by atoms with E-state index in [1.54, 1.807) is 0 Å². The van der Waals surface area contributed by atoms with Gasteiger partial charge in [0.1, 0.15) is 0 Å². The summed E-state index contributed by atoms with van der Waals surface area (Å²) >= 11 is 0. The van der Waals surface area contributed by atoms with Crippen molar-refractivity contribution in [2.75, 3.05) is 38.1 Å². The van der Waals surface area contributed by atoms with Crippen molar-refractivity contribution < 1.29 is 0 Å². The second-order valence-corrected chi connectivity index (χ2v) is 7.43. The van der Waals surface area contributed by atoms with Crippen LogP contribution in [0.5, 0.6) is 0 Å². The van der Waals surface area contributed by atoms with Crippen molar-refractivity contribution in [3.63, 3.8) is 0 Å². The van der Waals surface area contributed by atoms with Gasteiger partial charge in [0.2, 0.25) is 0 Å². The molecule has 126 valence electrons. The second kappa shape index (κ2) is 5.81. The van der Waals surface area contributed by atoms with Crippen molar-refractivity contribution in [1.29, 1.82) is 0 Å². The Morgan fingerprint density at radius 2 is 1.68 bits per heavy atom. The molecule has 4 heteroatoms. The Morgan fingerprint density at radius 3 is 2.44 bits per heavy atom. The number of para-hydroxylation sites is 1. The standard InChI is InChI=1S/C21H22N4/c1-24-11-16-13-25(14-17(16)12-24)18-7-8-20(23-10-18)19-6-2-4-15-5-3-9-22-21(15)19/h2-10,16-17H,11-14H2,1H3. The molecule has 4 nitrogen and oxygen atoms in total. The molecule has 2 saturated heterocycles. The van der Waals surface area contributed by atoms with Gasteiger partial charge in [-0.05, 0) is 37.1 Å². The lowest BCUT2D eigenvalue weighted by molar-refractivity contribution is 0.387. The number of pyridine rings is 2. The summed E-state index contributed by atoms with van der Waals surface area (Å²) in [6, 6.07) is 14.7. The average Bonchev–Trinajstić information content (AvgIpc) is 3.19. The summed E-state index contributed by atoms with van der Waals surface area (Å²) in [4.78, 5) is 14.3. The minimum absolute atomic E-state index is 0.812. The van der Waals surface area contributed by atoms with Gasteiger partial charge in [-0.1, -0.05) is 24.3 Å². The van der Waals surface area contributed by atoms with Crippen LogP contribution in [0.4, 0.5) is 5.69 Å². The van der Waals surface area contributed by atoms with Gasteiger partial charge >= 0.3 is 0 Å². The van der Waals surface area contributed by atoms with E-state index in [-0.39, 0.29) is 0 Å². The quantitative estimate of drug-likeness (QED) is 0.722. The van der Waals surface area contributed by atoms with Crippen LogP contribution in [-0.2, 0) is 0 Å². The number of benzene rings is 1. The molecule has 2 unspecified atom stereocenters. The van der Waals surface area contributed by atoms with Crippen molar-refractivity contribution >= 4 is 16.6 Å². The zero-order valence-corrected chi connectivity index (χ0v) is 14.5. The minimum Gasteiger partial charge on any atom is -0.370 e. The third-order valence-electron chi connectivity index (χ3n) is 5.69. The normalized spacial score (nSPS) is 23.3. The Kier molecular flexibility index (Phi) is 3.45. The van der Waals surface area contributed by atoms with Crippen LogP contribution in [0.3, 0.4) is 0 Å². The molecule has 0 amide bonds. The minimum atomic E-state index is 0.812. The van der Waals surface area contributed by atoms with Gasteiger partial charge in [0.25, 0.3) is 0 Å². The largest absolute Gasteiger partial charge is 0.370 e. The maximum absolute atomic E-state index is 4.76. The number of hydrogen-bond acceptors (Lipinski definition) is 4. The first kappa shape index (κ1) is 14.8. The summed E-state index contributed by atoms with van der Waals surface area (Å²) in [6.07, 6.45) is 3.88. The predicted molar refractivity (Wildman–Crippen MR) is 102 cm³/mol. The molecule has 0 N–H and O–H groups in total. The molecule has 2 fully saturated rings. The molecule has 2 aromatic heterocycles. The summed E-state index contributed by atoms with van der Waals surface area (Å²) < 4.78 is 0. The molecule has 0 spiro atoms. The van der Waals surface area contributed by atoms with E-state index in [0.29, 0.717) is 0 Å². The Balaban J connectivity index is 1.42. The first-order valence-corrected chi connectivity index (χ1v) is 9.01. The van der Waals surface area contributed by atoms with E-state index in [1.807, 2.05) is 18.5 Å². The van der Waals surface area contributed by atoms with Crippen LogP contribution in [0.25, 0.3) is 22.2 Å². The summed E-state index contributed by atoms with van der Waals surface area (Å²) in [5.74, 6) is 1.62. The van der Waals surface area contributed by atoms with Gasteiger partial charge in [-0.3, -0.25) is 9.97 Å². The fourth-order valence-corrected chi connectivity index (χ4v) is 4.48. The highest BCUT2D eigenvalue weighted by atomic mass is 15.2. The van der Waals surface area contributed by atoms with Gasteiger partial charge in [-0.25, -0.2) is 0 Å². The van der Waals surface area contributed by atoms with Crippen LogP contribution in [0.15, 0.2) is 54.9 Å². The second-order valence-electron chi connectivity index (χ2n) is 7.43. The molecule has 0 bridgehead atoms. The lowest BCUT2D eigenvalue weighted by Crippen LogP contribution is -2.26. The van der Waals surface area contributed by atoms with E-state index < -0.39 is 0 Å². The van der Waals surface area contributed by atoms with Gasteiger partial charge in [0, 0.05) is 43.3 Å². The number of hydrogen-bond donors (Lipinski definition) is 0. The van der Waals surface area contributed by atoms with Gasteiger partial charge in [-0.15, -0.1) is 0 Å². The molecule has 2 aliphatic heterocycles. The zero-order chi connectivity index (χ0) is 16.8. The molecule has 2 aliphatic rings. The molecule has 0 aliphatic carbocycles. The number of likely N-dealkylation sites (tertiary alicyclic amines) is 1. The lowest BCUT2D eigenvalue weighted by atomic mass is 10.0. The molecule has 5 rings (SSSR count). The van der Waals surface area contributed by atoms with Crippen molar-refractivity contribution in [2.24, 2.45) is 11.8 Å². The summed E-state index contributed by atoms with van der Waals surface area (Å²) in [5.41, 5.74) is 4.36. The maximum Gasteiger partial charge on any atom is 0.0795 e. The van der Waals surface area contributed by atoms with Crippen LogP contribution in [0.2, 0.25) is 0 Å². The van der Waals surface area contributed by atoms with Crippen molar-refractivity contribution in [1.82, 2.24) is 14.9 Å². The first-order chi connectivity index (χ1) is 12.3. The third-order valence-corrected chi connectivity index (χ3v) is 5.69. The lowest BCUT2D eigenvalue weighted by Gasteiger charge is -2.21. The highest BCUT2D eigenvalue weighted by molar-refractivity contribution is 5.92. The van der Waals surface area contributed by atoms with Crippen molar-refractivity contribution in [3.8, 4) is 11.3 Å². The first-order valence-electron chi connectivity index (χ1n) is 9.01. The van der Waals surface area contributed by atoms with Crippen LogP contribution >= 0.6 is 0 Å². The molecule has 0 saturated carbocycles. The topological polar surface area (TPSA) is 32.3 Å². The number of nitrogens with zero attached hydrogens (tertiary/aromatic N) is 4. The highest BCUT2D eigenvalue weighted by Gasteiger charge is 2.38. The van der Waals surface area contributed by atoms with Gasteiger partial charge in [0.05, 0.1) is 23.1 Å². The number of anilines is 1. The van der Waals surface area contributed by atoms with E-state index >= 15 is 0 Å². The highest BCUT2D eigenvalue weighted by Crippen LogP contribution is 2.34.